The monoisotopic (exact) mass is 314 g/mol. The smallest absolute Gasteiger partial charge is 0.245 e. The largest absolute Gasteiger partial charge is 0.387 e. The van der Waals surface area contributed by atoms with Gasteiger partial charge in [0.1, 0.15) is 12.4 Å². The highest BCUT2D eigenvalue weighted by Crippen LogP contribution is 2.35. The molecule has 116 valence electrons. The minimum absolute atomic E-state index is 0.0868. The molecular formula is C15H20ClFN2O2. The third kappa shape index (κ3) is 3.54. The Morgan fingerprint density at radius 1 is 1.57 bits per heavy atom. The summed E-state index contributed by atoms with van der Waals surface area (Å²) < 4.78 is 13.7. The molecule has 0 bridgehead atoms. The normalized spacial score (nSPS) is 22.8. The van der Waals surface area contributed by atoms with Crippen molar-refractivity contribution in [1.82, 2.24) is 10.2 Å². The van der Waals surface area contributed by atoms with Crippen molar-refractivity contribution >= 4 is 17.5 Å². The van der Waals surface area contributed by atoms with Gasteiger partial charge in [-0.3, -0.25) is 9.69 Å². The average molecular weight is 315 g/mol. The molecule has 2 atom stereocenters. The van der Waals surface area contributed by atoms with Crippen molar-refractivity contribution in [2.45, 2.75) is 38.4 Å². The van der Waals surface area contributed by atoms with Gasteiger partial charge in [-0.1, -0.05) is 17.7 Å². The summed E-state index contributed by atoms with van der Waals surface area (Å²) in [5, 5.41) is 11.8. The molecule has 1 fully saturated rings. The fourth-order valence-electron chi connectivity index (χ4n) is 2.92. The van der Waals surface area contributed by atoms with Gasteiger partial charge in [-0.15, -0.1) is 0 Å². The molecule has 4 nitrogen and oxygen atoms in total. The number of halogens is 2. The topological polar surface area (TPSA) is 52.6 Å². The molecule has 0 unspecified atom stereocenters. The number of aliphatic hydroxyl groups is 1. The number of hydrogen-bond donors (Lipinski definition) is 2. The highest BCUT2D eigenvalue weighted by Gasteiger charge is 2.37. The maximum atomic E-state index is 13.7. The second-order valence-corrected chi connectivity index (χ2v) is 5.98. The molecule has 1 aromatic rings. The Morgan fingerprint density at radius 3 is 2.86 bits per heavy atom. The van der Waals surface area contributed by atoms with Crippen LogP contribution in [-0.4, -0.2) is 41.1 Å². The van der Waals surface area contributed by atoms with Crippen molar-refractivity contribution in [3.05, 3.63) is 34.6 Å². The lowest BCUT2D eigenvalue weighted by Gasteiger charge is -2.32. The molecular weight excluding hydrogens is 295 g/mol. The number of hydrogen-bond acceptors (Lipinski definition) is 3. The number of likely N-dealkylation sites (tertiary alicyclic amines) is 1. The van der Waals surface area contributed by atoms with Crippen LogP contribution in [0.4, 0.5) is 4.39 Å². The molecule has 0 aliphatic carbocycles. The number of benzene rings is 1. The molecule has 0 saturated carbocycles. The first-order valence-electron chi connectivity index (χ1n) is 7.05. The van der Waals surface area contributed by atoms with Crippen LogP contribution in [0.5, 0.6) is 0 Å². The van der Waals surface area contributed by atoms with Gasteiger partial charge in [-0.05, 0) is 38.0 Å². The average Bonchev–Trinajstić information content (AvgIpc) is 2.85. The van der Waals surface area contributed by atoms with E-state index in [1.54, 1.807) is 6.07 Å². The zero-order valence-electron chi connectivity index (χ0n) is 12.1. The van der Waals surface area contributed by atoms with Gasteiger partial charge in [-0.2, -0.15) is 0 Å². The summed E-state index contributed by atoms with van der Waals surface area (Å²) in [4.78, 5) is 13.7. The van der Waals surface area contributed by atoms with Gasteiger partial charge in [0.25, 0.3) is 0 Å². The van der Waals surface area contributed by atoms with E-state index in [0.717, 1.165) is 18.5 Å². The van der Waals surface area contributed by atoms with Gasteiger partial charge >= 0.3 is 0 Å². The molecule has 1 aromatic carbocycles. The lowest BCUT2D eigenvalue weighted by molar-refractivity contribution is -0.124. The van der Waals surface area contributed by atoms with Gasteiger partial charge in [0, 0.05) is 18.6 Å². The standard InChI is InChI=1S/C15H20ClFN2O2/c1-9(2)19-6-5-13(18-14(21)8-20)15(19)10-3-4-11(16)12(17)7-10/h3-4,7,9,13,15,20H,5-6,8H2,1-2H3,(H,18,21)/t13-,15+/m0/s1. The Labute approximate surface area is 128 Å². The predicted octanol–water partition coefficient (Wildman–Crippen LogP) is 2.11. The zero-order valence-corrected chi connectivity index (χ0v) is 12.9. The summed E-state index contributed by atoms with van der Waals surface area (Å²) in [6, 6.07) is 4.75. The predicted molar refractivity (Wildman–Crippen MR) is 79.6 cm³/mol. The number of nitrogens with zero attached hydrogens (tertiary/aromatic N) is 1. The van der Waals surface area contributed by atoms with Crippen LogP contribution in [0.3, 0.4) is 0 Å². The van der Waals surface area contributed by atoms with Crippen molar-refractivity contribution < 1.29 is 14.3 Å². The summed E-state index contributed by atoms with van der Waals surface area (Å²) >= 11 is 5.74. The minimum Gasteiger partial charge on any atom is -0.387 e. The molecule has 0 aromatic heterocycles. The van der Waals surface area contributed by atoms with Gasteiger partial charge in [-0.25, -0.2) is 4.39 Å². The number of amides is 1. The summed E-state index contributed by atoms with van der Waals surface area (Å²) in [5.74, 6) is -0.873. The van der Waals surface area contributed by atoms with Crippen LogP contribution in [0, 0.1) is 5.82 Å². The van der Waals surface area contributed by atoms with Crippen LogP contribution in [-0.2, 0) is 4.79 Å². The first-order valence-corrected chi connectivity index (χ1v) is 7.42. The van der Waals surface area contributed by atoms with Gasteiger partial charge in [0.15, 0.2) is 0 Å². The van der Waals surface area contributed by atoms with Crippen molar-refractivity contribution in [3.8, 4) is 0 Å². The van der Waals surface area contributed by atoms with Crippen molar-refractivity contribution in [2.75, 3.05) is 13.2 Å². The summed E-state index contributed by atoms with van der Waals surface area (Å²) in [5.41, 5.74) is 0.784. The van der Waals surface area contributed by atoms with Crippen LogP contribution in [0.25, 0.3) is 0 Å². The number of carbonyl (C=O) groups excluding carboxylic acids is 1. The summed E-state index contributed by atoms with van der Waals surface area (Å²) in [6.45, 7) is 4.40. The van der Waals surface area contributed by atoms with Crippen molar-refractivity contribution in [1.29, 1.82) is 0 Å². The van der Waals surface area contributed by atoms with E-state index in [9.17, 15) is 9.18 Å². The SMILES string of the molecule is CC(C)N1CC[C@H](NC(=O)CO)[C@H]1c1ccc(Cl)c(F)c1. The number of carbonyl (C=O) groups is 1. The first kappa shape index (κ1) is 16.2. The van der Waals surface area contributed by atoms with E-state index in [0.29, 0.717) is 0 Å². The molecule has 21 heavy (non-hydrogen) atoms. The molecule has 1 heterocycles. The quantitative estimate of drug-likeness (QED) is 0.895. The zero-order chi connectivity index (χ0) is 15.6. The van der Waals surface area contributed by atoms with Crippen molar-refractivity contribution in [3.63, 3.8) is 0 Å². The van der Waals surface area contributed by atoms with E-state index in [1.165, 1.54) is 12.1 Å². The summed E-state index contributed by atoms with van der Waals surface area (Å²) in [6.07, 6.45) is 0.763. The maximum absolute atomic E-state index is 13.7. The molecule has 1 aliphatic rings. The Kier molecular flexibility index (Phi) is 5.19. The molecule has 0 radical (unpaired) electrons. The molecule has 2 N–H and O–H groups in total. The number of aliphatic hydroxyl groups excluding tert-OH is 1. The maximum Gasteiger partial charge on any atom is 0.245 e. The molecule has 2 rings (SSSR count). The first-order chi connectivity index (χ1) is 9.93. The number of rotatable bonds is 4. The highest BCUT2D eigenvalue weighted by atomic mass is 35.5. The number of nitrogens with one attached hydrogen (secondary N) is 1. The Bertz CT molecular complexity index is 524. The third-order valence-corrected chi connectivity index (χ3v) is 4.18. The van der Waals surface area contributed by atoms with Crippen LogP contribution in [0.15, 0.2) is 18.2 Å². The summed E-state index contributed by atoms with van der Waals surface area (Å²) in [7, 11) is 0. The van der Waals surface area contributed by atoms with Crippen LogP contribution in [0.2, 0.25) is 5.02 Å². The second kappa shape index (κ2) is 6.73. The Morgan fingerprint density at radius 2 is 2.29 bits per heavy atom. The van der Waals surface area contributed by atoms with Crippen LogP contribution >= 0.6 is 11.6 Å². The minimum atomic E-state index is -0.542. The van der Waals surface area contributed by atoms with Crippen LogP contribution < -0.4 is 5.32 Å². The lowest BCUT2D eigenvalue weighted by Crippen LogP contribution is -2.42. The van der Waals surface area contributed by atoms with Gasteiger partial charge in [0.2, 0.25) is 5.91 Å². The van der Waals surface area contributed by atoms with Crippen LogP contribution in [0.1, 0.15) is 31.9 Å². The lowest BCUT2D eigenvalue weighted by atomic mass is 9.99. The third-order valence-electron chi connectivity index (χ3n) is 3.88. The molecule has 1 aliphatic heterocycles. The van der Waals surface area contributed by atoms with Crippen molar-refractivity contribution in [2.24, 2.45) is 0 Å². The Balaban J connectivity index is 2.31. The van der Waals surface area contributed by atoms with Gasteiger partial charge in [0.05, 0.1) is 11.1 Å². The molecule has 1 saturated heterocycles. The van der Waals surface area contributed by atoms with E-state index >= 15 is 0 Å². The second-order valence-electron chi connectivity index (χ2n) is 5.57. The fraction of sp³-hybridized carbons (Fsp3) is 0.533. The molecule has 0 spiro atoms. The van der Waals surface area contributed by atoms with E-state index in [-0.39, 0.29) is 23.1 Å². The Hall–Kier alpha value is -1.17. The van der Waals surface area contributed by atoms with E-state index in [2.05, 4.69) is 24.1 Å². The van der Waals surface area contributed by atoms with E-state index in [1.807, 2.05) is 0 Å². The van der Waals surface area contributed by atoms with E-state index in [4.69, 9.17) is 16.7 Å². The highest BCUT2D eigenvalue weighted by molar-refractivity contribution is 6.30. The van der Waals surface area contributed by atoms with Gasteiger partial charge < -0.3 is 10.4 Å². The van der Waals surface area contributed by atoms with E-state index < -0.39 is 18.3 Å². The molecule has 1 amide bonds. The molecule has 6 heteroatoms. The fourth-order valence-corrected chi connectivity index (χ4v) is 3.04.